The standard InChI is InChI=1S/C16H23NO2/c1-2-4-13-10-14(13)17-11-12-5-6-15-16(9-12)19-8-3-7-18-15/h5-6,9,13-14,17H,2-4,7-8,10-11H2,1H3. The number of hydrogen-bond acceptors (Lipinski definition) is 3. The lowest BCUT2D eigenvalue weighted by molar-refractivity contribution is 0.297. The Balaban J connectivity index is 1.55. The highest BCUT2D eigenvalue weighted by atomic mass is 16.5. The van der Waals surface area contributed by atoms with Crippen LogP contribution < -0.4 is 14.8 Å². The molecule has 1 aliphatic carbocycles. The molecule has 0 amide bonds. The molecule has 0 aromatic heterocycles. The average Bonchev–Trinajstić information content (AvgIpc) is 3.19. The lowest BCUT2D eigenvalue weighted by Gasteiger charge is -2.10. The lowest BCUT2D eigenvalue weighted by Crippen LogP contribution is -2.17. The fourth-order valence-electron chi connectivity index (χ4n) is 2.75. The minimum absolute atomic E-state index is 0.732. The summed E-state index contributed by atoms with van der Waals surface area (Å²) in [5.74, 6) is 2.69. The Morgan fingerprint density at radius 3 is 2.89 bits per heavy atom. The molecule has 2 unspecified atom stereocenters. The van der Waals surface area contributed by atoms with E-state index in [1.165, 1.54) is 24.8 Å². The first-order valence-electron chi connectivity index (χ1n) is 7.48. The van der Waals surface area contributed by atoms with Gasteiger partial charge < -0.3 is 14.8 Å². The Morgan fingerprint density at radius 2 is 2.05 bits per heavy atom. The fourth-order valence-corrected chi connectivity index (χ4v) is 2.75. The van der Waals surface area contributed by atoms with Gasteiger partial charge >= 0.3 is 0 Å². The first-order valence-corrected chi connectivity index (χ1v) is 7.48. The molecule has 1 fully saturated rings. The summed E-state index contributed by atoms with van der Waals surface area (Å²) >= 11 is 0. The van der Waals surface area contributed by atoms with E-state index in [1.54, 1.807) is 0 Å². The van der Waals surface area contributed by atoms with Crippen molar-refractivity contribution in [2.45, 2.75) is 45.2 Å². The van der Waals surface area contributed by atoms with E-state index >= 15 is 0 Å². The summed E-state index contributed by atoms with van der Waals surface area (Å²) in [5, 5.41) is 3.63. The van der Waals surface area contributed by atoms with Crippen LogP contribution in [-0.2, 0) is 6.54 Å². The van der Waals surface area contributed by atoms with E-state index < -0.39 is 0 Å². The molecule has 0 saturated heterocycles. The van der Waals surface area contributed by atoms with Crippen molar-refractivity contribution >= 4 is 0 Å². The van der Waals surface area contributed by atoms with Gasteiger partial charge in [0, 0.05) is 19.0 Å². The van der Waals surface area contributed by atoms with Crippen LogP contribution in [0.4, 0.5) is 0 Å². The Labute approximate surface area is 115 Å². The van der Waals surface area contributed by atoms with Gasteiger partial charge in [-0.05, 0) is 36.5 Å². The van der Waals surface area contributed by atoms with Gasteiger partial charge in [-0.25, -0.2) is 0 Å². The van der Waals surface area contributed by atoms with Gasteiger partial charge in [0.15, 0.2) is 11.5 Å². The van der Waals surface area contributed by atoms with Gasteiger partial charge in [0.25, 0.3) is 0 Å². The Kier molecular flexibility index (Phi) is 3.92. The van der Waals surface area contributed by atoms with Crippen molar-refractivity contribution in [2.75, 3.05) is 13.2 Å². The Hall–Kier alpha value is -1.22. The number of ether oxygens (including phenoxy) is 2. The van der Waals surface area contributed by atoms with Crippen LogP contribution in [0.1, 0.15) is 38.2 Å². The van der Waals surface area contributed by atoms with E-state index in [0.717, 1.165) is 49.6 Å². The summed E-state index contributed by atoms with van der Waals surface area (Å²) in [5.41, 5.74) is 1.28. The third-order valence-corrected chi connectivity index (χ3v) is 3.96. The smallest absolute Gasteiger partial charge is 0.161 e. The molecule has 2 aliphatic rings. The first-order chi connectivity index (χ1) is 9.36. The third-order valence-electron chi connectivity index (χ3n) is 3.96. The van der Waals surface area contributed by atoms with Crippen LogP contribution in [-0.4, -0.2) is 19.3 Å². The number of fused-ring (bicyclic) bond motifs is 1. The van der Waals surface area contributed by atoms with Gasteiger partial charge in [-0.3, -0.25) is 0 Å². The van der Waals surface area contributed by atoms with Crippen LogP contribution in [0.5, 0.6) is 11.5 Å². The first kappa shape index (κ1) is 12.8. The lowest BCUT2D eigenvalue weighted by atomic mass is 10.2. The van der Waals surface area contributed by atoms with Crippen molar-refractivity contribution in [1.29, 1.82) is 0 Å². The summed E-state index contributed by atoms with van der Waals surface area (Å²) in [4.78, 5) is 0. The second-order valence-corrected chi connectivity index (χ2v) is 5.60. The number of benzene rings is 1. The summed E-state index contributed by atoms with van der Waals surface area (Å²) in [7, 11) is 0. The minimum atomic E-state index is 0.732. The van der Waals surface area contributed by atoms with Crippen molar-refractivity contribution in [1.82, 2.24) is 5.32 Å². The zero-order valence-corrected chi connectivity index (χ0v) is 11.7. The highest BCUT2D eigenvalue weighted by molar-refractivity contribution is 5.43. The van der Waals surface area contributed by atoms with E-state index in [2.05, 4.69) is 24.4 Å². The monoisotopic (exact) mass is 261 g/mol. The topological polar surface area (TPSA) is 30.5 Å². The molecule has 3 nitrogen and oxygen atoms in total. The van der Waals surface area contributed by atoms with Gasteiger partial charge in [0.2, 0.25) is 0 Å². The van der Waals surface area contributed by atoms with E-state index in [1.807, 2.05) is 6.07 Å². The summed E-state index contributed by atoms with van der Waals surface area (Å²) in [6.45, 7) is 4.71. The molecule has 104 valence electrons. The molecule has 1 aromatic carbocycles. The molecule has 0 spiro atoms. The molecule has 1 saturated carbocycles. The molecule has 2 atom stereocenters. The molecule has 1 aliphatic heterocycles. The van der Waals surface area contributed by atoms with Gasteiger partial charge in [-0.15, -0.1) is 0 Å². The van der Waals surface area contributed by atoms with Crippen LogP contribution in [0, 0.1) is 5.92 Å². The predicted octanol–water partition coefficient (Wildman–Crippen LogP) is 3.13. The van der Waals surface area contributed by atoms with Gasteiger partial charge in [-0.2, -0.15) is 0 Å². The minimum Gasteiger partial charge on any atom is -0.490 e. The zero-order chi connectivity index (χ0) is 13.1. The van der Waals surface area contributed by atoms with E-state index in [9.17, 15) is 0 Å². The zero-order valence-electron chi connectivity index (χ0n) is 11.7. The number of hydrogen-bond donors (Lipinski definition) is 1. The van der Waals surface area contributed by atoms with Crippen LogP contribution in [0.15, 0.2) is 18.2 Å². The number of nitrogens with one attached hydrogen (secondary N) is 1. The second kappa shape index (κ2) is 5.83. The molecular weight excluding hydrogens is 238 g/mol. The molecule has 1 heterocycles. The molecule has 0 bridgehead atoms. The van der Waals surface area contributed by atoms with Gasteiger partial charge in [0.1, 0.15) is 0 Å². The van der Waals surface area contributed by atoms with Crippen molar-refractivity contribution < 1.29 is 9.47 Å². The van der Waals surface area contributed by atoms with Crippen LogP contribution in [0.25, 0.3) is 0 Å². The molecule has 3 heteroatoms. The molecule has 0 radical (unpaired) electrons. The third kappa shape index (κ3) is 3.21. The quantitative estimate of drug-likeness (QED) is 0.883. The second-order valence-electron chi connectivity index (χ2n) is 5.60. The molecule has 1 aromatic rings. The van der Waals surface area contributed by atoms with Crippen LogP contribution >= 0.6 is 0 Å². The SMILES string of the molecule is CCCC1CC1NCc1ccc2c(c1)OCCCO2. The van der Waals surface area contributed by atoms with Crippen LogP contribution in [0.3, 0.4) is 0 Å². The molecular formula is C16H23NO2. The number of rotatable bonds is 5. The highest BCUT2D eigenvalue weighted by Gasteiger charge is 2.35. The van der Waals surface area contributed by atoms with Gasteiger partial charge in [0.05, 0.1) is 13.2 Å². The summed E-state index contributed by atoms with van der Waals surface area (Å²) < 4.78 is 11.4. The van der Waals surface area contributed by atoms with Crippen molar-refractivity contribution in [3.05, 3.63) is 23.8 Å². The fraction of sp³-hybridized carbons (Fsp3) is 0.625. The maximum absolute atomic E-state index is 5.72. The Morgan fingerprint density at radius 1 is 1.21 bits per heavy atom. The van der Waals surface area contributed by atoms with Crippen LogP contribution in [0.2, 0.25) is 0 Å². The molecule has 19 heavy (non-hydrogen) atoms. The maximum Gasteiger partial charge on any atom is 0.161 e. The van der Waals surface area contributed by atoms with E-state index in [4.69, 9.17) is 9.47 Å². The van der Waals surface area contributed by atoms with Gasteiger partial charge in [-0.1, -0.05) is 19.4 Å². The van der Waals surface area contributed by atoms with E-state index in [0.29, 0.717) is 0 Å². The van der Waals surface area contributed by atoms with Crippen molar-refractivity contribution in [3.63, 3.8) is 0 Å². The molecule has 3 rings (SSSR count). The maximum atomic E-state index is 5.72. The Bertz CT molecular complexity index is 433. The highest BCUT2D eigenvalue weighted by Crippen LogP contribution is 2.35. The van der Waals surface area contributed by atoms with E-state index in [-0.39, 0.29) is 0 Å². The van der Waals surface area contributed by atoms with Crippen molar-refractivity contribution in [2.24, 2.45) is 5.92 Å². The largest absolute Gasteiger partial charge is 0.490 e. The summed E-state index contributed by atoms with van der Waals surface area (Å²) in [6.07, 6.45) is 4.97. The van der Waals surface area contributed by atoms with Crippen molar-refractivity contribution in [3.8, 4) is 11.5 Å². The normalized spacial score (nSPS) is 24.9. The molecule has 1 N–H and O–H groups in total. The average molecular weight is 261 g/mol. The summed E-state index contributed by atoms with van der Waals surface area (Å²) in [6, 6.07) is 7.02. The predicted molar refractivity (Wildman–Crippen MR) is 75.7 cm³/mol.